The summed E-state index contributed by atoms with van der Waals surface area (Å²) >= 11 is 4.84. The van der Waals surface area contributed by atoms with Gasteiger partial charge in [0.25, 0.3) is 0 Å². The number of hydrogen-bond donors (Lipinski definition) is 1. The van der Waals surface area contributed by atoms with Crippen molar-refractivity contribution in [2.24, 2.45) is 0 Å². The molecule has 78 valence electrons. The van der Waals surface area contributed by atoms with E-state index in [-0.39, 0.29) is 10.4 Å². The Bertz CT molecular complexity index is 352. The summed E-state index contributed by atoms with van der Waals surface area (Å²) in [6, 6.07) is 0. The molecule has 0 radical (unpaired) electrons. The van der Waals surface area contributed by atoms with Crippen molar-refractivity contribution in [2.45, 2.75) is 38.2 Å². The smallest absolute Gasteiger partial charge is 0.314 e. The maximum absolute atomic E-state index is 5.79. The van der Waals surface area contributed by atoms with E-state index in [2.05, 4.69) is 10.1 Å². The zero-order valence-corrected chi connectivity index (χ0v) is 9.02. The predicted molar refractivity (Wildman–Crippen MR) is 53.5 cm³/mol. The van der Waals surface area contributed by atoms with Crippen molar-refractivity contribution in [1.82, 2.24) is 10.1 Å². The van der Waals surface area contributed by atoms with Crippen LogP contribution in [0.2, 0.25) is 0 Å². The minimum Gasteiger partial charge on any atom is -0.367 e. The van der Waals surface area contributed by atoms with Crippen molar-refractivity contribution in [1.29, 1.82) is 0 Å². The summed E-state index contributed by atoms with van der Waals surface area (Å²) < 4.78 is 10.7. The van der Waals surface area contributed by atoms with Crippen LogP contribution in [0.5, 0.6) is 0 Å². The van der Waals surface area contributed by atoms with Crippen molar-refractivity contribution >= 4 is 12.2 Å². The number of rotatable bonds is 3. The van der Waals surface area contributed by atoms with Gasteiger partial charge in [-0.1, -0.05) is 0 Å². The van der Waals surface area contributed by atoms with Crippen molar-refractivity contribution < 1.29 is 9.26 Å². The molecule has 1 heterocycles. The van der Waals surface area contributed by atoms with Crippen LogP contribution in [0.3, 0.4) is 0 Å². The lowest BCUT2D eigenvalue weighted by Crippen LogP contribution is -2.27. The third-order valence-electron chi connectivity index (χ3n) is 2.70. The molecule has 0 bridgehead atoms. The fourth-order valence-corrected chi connectivity index (χ4v) is 2.23. The summed E-state index contributed by atoms with van der Waals surface area (Å²) in [5.74, 6) is 0.752. The van der Waals surface area contributed by atoms with Gasteiger partial charge < -0.3 is 9.26 Å². The van der Waals surface area contributed by atoms with Crippen molar-refractivity contribution in [3.8, 4) is 0 Å². The van der Waals surface area contributed by atoms with Gasteiger partial charge in [0.2, 0.25) is 0 Å². The van der Waals surface area contributed by atoms with Gasteiger partial charge in [0, 0.05) is 6.61 Å². The lowest BCUT2D eigenvalue weighted by atomic mass is 10.0. The Labute approximate surface area is 87.6 Å². The molecule has 0 spiro atoms. The van der Waals surface area contributed by atoms with Crippen LogP contribution in [-0.2, 0) is 10.3 Å². The molecule has 0 aliphatic heterocycles. The number of aromatic amines is 1. The Hall–Kier alpha value is -0.680. The molecule has 1 saturated carbocycles. The molecule has 5 heteroatoms. The first-order chi connectivity index (χ1) is 6.77. The molecule has 1 aliphatic carbocycles. The van der Waals surface area contributed by atoms with E-state index < -0.39 is 0 Å². The number of H-pyrrole nitrogens is 1. The third kappa shape index (κ3) is 1.62. The third-order valence-corrected chi connectivity index (χ3v) is 2.88. The summed E-state index contributed by atoms with van der Waals surface area (Å²) in [7, 11) is 0. The van der Waals surface area contributed by atoms with Crippen LogP contribution in [0.4, 0.5) is 0 Å². The quantitative estimate of drug-likeness (QED) is 0.785. The number of aromatic nitrogens is 2. The van der Waals surface area contributed by atoms with Gasteiger partial charge in [0.05, 0.1) is 0 Å². The zero-order valence-electron chi connectivity index (χ0n) is 8.21. The molecule has 0 aromatic carbocycles. The predicted octanol–water partition coefficient (Wildman–Crippen LogP) is 2.54. The average molecular weight is 214 g/mol. The molecule has 1 aliphatic rings. The minimum absolute atomic E-state index is 0.256. The van der Waals surface area contributed by atoms with Gasteiger partial charge >= 0.3 is 4.84 Å². The van der Waals surface area contributed by atoms with Gasteiger partial charge in [-0.3, -0.25) is 0 Å². The highest BCUT2D eigenvalue weighted by molar-refractivity contribution is 7.71. The molecule has 1 N–H and O–H groups in total. The van der Waals surface area contributed by atoms with Crippen molar-refractivity contribution in [2.75, 3.05) is 6.61 Å². The Kier molecular flexibility index (Phi) is 2.69. The van der Waals surface area contributed by atoms with Crippen LogP contribution in [0.15, 0.2) is 4.52 Å². The van der Waals surface area contributed by atoms with E-state index >= 15 is 0 Å². The van der Waals surface area contributed by atoms with E-state index in [4.69, 9.17) is 21.5 Å². The average Bonchev–Trinajstić information content (AvgIpc) is 2.75. The van der Waals surface area contributed by atoms with Crippen LogP contribution in [-0.4, -0.2) is 16.7 Å². The molecule has 1 aromatic heterocycles. The van der Waals surface area contributed by atoms with Gasteiger partial charge in [-0.25, -0.2) is 5.16 Å². The van der Waals surface area contributed by atoms with Gasteiger partial charge in [0.15, 0.2) is 5.82 Å². The van der Waals surface area contributed by atoms with E-state index in [0.29, 0.717) is 6.61 Å². The van der Waals surface area contributed by atoms with Gasteiger partial charge in [-0.2, -0.15) is 4.98 Å². The van der Waals surface area contributed by atoms with Crippen molar-refractivity contribution in [3.05, 3.63) is 10.7 Å². The second kappa shape index (κ2) is 3.82. The van der Waals surface area contributed by atoms with E-state index in [1.807, 2.05) is 6.92 Å². The monoisotopic (exact) mass is 214 g/mol. The second-order valence-corrected chi connectivity index (χ2v) is 3.91. The van der Waals surface area contributed by atoms with E-state index in [0.717, 1.165) is 18.7 Å². The van der Waals surface area contributed by atoms with E-state index in [1.54, 1.807) is 0 Å². The first-order valence-electron chi connectivity index (χ1n) is 4.97. The number of nitrogens with one attached hydrogen (secondary N) is 1. The van der Waals surface area contributed by atoms with Crippen molar-refractivity contribution in [3.63, 3.8) is 0 Å². The number of ether oxygens (including phenoxy) is 1. The van der Waals surface area contributed by atoms with Crippen LogP contribution >= 0.6 is 12.2 Å². The molecule has 14 heavy (non-hydrogen) atoms. The highest BCUT2D eigenvalue weighted by atomic mass is 32.1. The summed E-state index contributed by atoms with van der Waals surface area (Å²) in [4.78, 5) is 4.41. The number of nitrogens with zero attached hydrogens (tertiary/aromatic N) is 1. The zero-order chi connectivity index (χ0) is 10.0. The molecule has 0 atom stereocenters. The highest BCUT2D eigenvalue weighted by Gasteiger charge is 2.39. The topological polar surface area (TPSA) is 51.1 Å². The van der Waals surface area contributed by atoms with Crippen LogP contribution in [0, 0.1) is 4.84 Å². The molecule has 4 nitrogen and oxygen atoms in total. The molecular formula is C9H14N2O2S. The van der Waals surface area contributed by atoms with E-state index in [9.17, 15) is 0 Å². The van der Waals surface area contributed by atoms with Gasteiger partial charge in [-0.15, -0.1) is 0 Å². The molecular weight excluding hydrogens is 200 g/mol. The second-order valence-electron chi connectivity index (χ2n) is 3.56. The Balaban J connectivity index is 2.30. The fraction of sp³-hybridized carbons (Fsp3) is 0.778. The maximum atomic E-state index is 5.79. The molecule has 1 fully saturated rings. The normalized spacial score (nSPS) is 20.1. The standard InChI is InChI=1S/C9H14N2O2S/c1-2-12-9(5-3-4-6-9)7-10-8(14)13-11-7/h2-6H2,1H3,(H,10,11,14). The first-order valence-corrected chi connectivity index (χ1v) is 5.37. The van der Waals surface area contributed by atoms with Gasteiger partial charge in [0.1, 0.15) is 5.60 Å². The SMILES string of the molecule is CCOC1(c2nc(=S)o[nH]2)CCCC1. The number of hydrogen-bond acceptors (Lipinski definition) is 4. The molecule has 0 unspecified atom stereocenters. The Morgan fingerprint density at radius 3 is 2.79 bits per heavy atom. The fourth-order valence-electron chi connectivity index (χ4n) is 2.10. The van der Waals surface area contributed by atoms with Crippen LogP contribution in [0.25, 0.3) is 0 Å². The minimum atomic E-state index is -0.269. The Morgan fingerprint density at radius 1 is 1.57 bits per heavy atom. The van der Waals surface area contributed by atoms with Crippen LogP contribution < -0.4 is 0 Å². The lowest BCUT2D eigenvalue weighted by molar-refractivity contribution is -0.0469. The molecule has 2 rings (SSSR count). The largest absolute Gasteiger partial charge is 0.367 e. The summed E-state index contributed by atoms with van der Waals surface area (Å²) in [6.07, 6.45) is 4.35. The molecule has 0 amide bonds. The lowest BCUT2D eigenvalue weighted by Gasteiger charge is -2.25. The first kappa shape index (κ1) is 9.86. The molecule has 0 saturated heterocycles. The van der Waals surface area contributed by atoms with Gasteiger partial charge in [-0.05, 0) is 44.8 Å². The van der Waals surface area contributed by atoms with Crippen LogP contribution in [0.1, 0.15) is 38.4 Å². The maximum Gasteiger partial charge on any atom is 0.314 e. The summed E-state index contributed by atoms with van der Waals surface area (Å²) in [5.41, 5.74) is -0.269. The summed E-state index contributed by atoms with van der Waals surface area (Å²) in [6.45, 7) is 2.68. The summed E-state index contributed by atoms with van der Waals surface area (Å²) in [5, 5.41) is 2.76. The Morgan fingerprint density at radius 2 is 2.29 bits per heavy atom. The molecule has 1 aromatic rings. The van der Waals surface area contributed by atoms with E-state index in [1.165, 1.54) is 12.8 Å². The highest BCUT2D eigenvalue weighted by Crippen LogP contribution is 2.40.